The van der Waals surface area contributed by atoms with Gasteiger partial charge in [-0.3, -0.25) is 4.90 Å². The summed E-state index contributed by atoms with van der Waals surface area (Å²) in [5.74, 6) is 0.401. The first-order chi connectivity index (χ1) is 11.7. The number of rotatable bonds is 1. The van der Waals surface area contributed by atoms with Crippen LogP contribution in [0.5, 0.6) is 0 Å². The van der Waals surface area contributed by atoms with Crippen molar-refractivity contribution in [3.8, 4) is 0 Å². The lowest BCUT2D eigenvalue weighted by Crippen LogP contribution is -2.58. The van der Waals surface area contributed by atoms with Crippen molar-refractivity contribution in [1.82, 2.24) is 9.88 Å². The Morgan fingerprint density at radius 1 is 1.28 bits per heavy atom. The first kappa shape index (κ1) is 19.5. The van der Waals surface area contributed by atoms with Crippen LogP contribution in [0, 0.1) is 12.7 Å². The van der Waals surface area contributed by atoms with Gasteiger partial charge in [-0.1, -0.05) is 13.8 Å². The fourth-order valence-electron chi connectivity index (χ4n) is 3.01. The molecule has 1 aliphatic carbocycles. The number of carbonyl (C=O) groups is 1. The van der Waals surface area contributed by atoms with Crippen LogP contribution in [0.2, 0.25) is 0 Å². The highest BCUT2D eigenvalue weighted by Gasteiger charge is 2.54. The molecule has 2 aliphatic rings. The molecule has 1 aromatic rings. The summed E-state index contributed by atoms with van der Waals surface area (Å²) < 4.78 is 19.3. The standard InChI is InChI=1S/C17H24FN3O2.C2H6/c1-12-10-19-14(9-13(12)18)20-7-8-21(17(11-20)5-6-17)15(22)23-16(2,3)4;1-2/h9-10H,5-8,11H2,1-4H3;1-2H3. The third-order valence-electron chi connectivity index (χ3n) is 4.44. The number of pyridine rings is 1. The number of carbonyl (C=O) groups excluding carboxylic acids is 1. The summed E-state index contributed by atoms with van der Waals surface area (Å²) in [7, 11) is 0. The van der Waals surface area contributed by atoms with Crippen molar-refractivity contribution in [3.05, 3.63) is 23.6 Å². The highest BCUT2D eigenvalue weighted by Crippen LogP contribution is 2.45. The number of amides is 1. The van der Waals surface area contributed by atoms with E-state index in [0.29, 0.717) is 31.0 Å². The fourth-order valence-corrected chi connectivity index (χ4v) is 3.01. The van der Waals surface area contributed by atoms with Crippen molar-refractivity contribution < 1.29 is 13.9 Å². The van der Waals surface area contributed by atoms with Crippen LogP contribution >= 0.6 is 0 Å². The van der Waals surface area contributed by atoms with Gasteiger partial charge in [-0.25, -0.2) is 14.2 Å². The number of hydrogen-bond acceptors (Lipinski definition) is 4. The number of anilines is 1. The second-order valence-corrected chi connectivity index (χ2v) is 7.57. The second kappa shape index (κ2) is 7.18. The van der Waals surface area contributed by atoms with Crippen molar-refractivity contribution in [2.45, 2.75) is 65.5 Å². The van der Waals surface area contributed by atoms with Gasteiger partial charge >= 0.3 is 6.09 Å². The lowest BCUT2D eigenvalue weighted by Gasteiger charge is -2.42. The Labute approximate surface area is 150 Å². The van der Waals surface area contributed by atoms with Crippen molar-refractivity contribution >= 4 is 11.9 Å². The van der Waals surface area contributed by atoms with E-state index < -0.39 is 5.60 Å². The minimum atomic E-state index is -0.494. The number of hydrogen-bond donors (Lipinski definition) is 0. The molecule has 1 amide bonds. The van der Waals surface area contributed by atoms with E-state index in [1.165, 1.54) is 6.07 Å². The van der Waals surface area contributed by atoms with Crippen LogP contribution in [0.25, 0.3) is 0 Å². The molecule has 2 heterocycles. The summed E-state index contributed by atoms with van der Waals surface area (Å²) in [4.78, 5) is 20.7. The van der Waals surface area contributed by atoms with E-state index in [1.54, 1.807) is 13.1 Å². The lowest BCUT2D eigenvalue weighted by molar-refractivity contribution is 0.0106. The molecule has 0 atom stereocenters. The van der Waals surface area contributed by atoms with Gasteiger partial charge in [0.2, 0.25) is 0 Å². The Morgan fingerprint density at radius 3 is 2.44 bits per heavy atom. The van der Waals surface area contributed by atoms with Crippen LogP contribution in [0.4, 0.5) is 15.0 Å². The minimum Gasteiger partial charge on any atom is -0.444 e. The molecule has 2 fully saturated rings. The molecule has 3 rings (SSSR count). The molecule has 0 aromatic carbocycles. The molecule has 0 unspecified atom stereocenters. The van der Waals surface area contributed by atoms with E-state index in [9.17, 15) is 9.18 Å². The monoisotopic (exact) mass is 351 g/mol. The number of aryl methyl sites for hydroxylation is 1. The minimum absolute atomic E-state index is 0.177. The highest BCUT2D eigenvalue weighted by atomic mass is 19.1. The predicted octanol–water partition coefficient (Wildman–Crippen LogP) is 4.15. The number of nitrogens with zero attached hydrogens (tertiary/aromatic N) is 3. The Bertz CT molecular complexity index is 624. The molecule has 1 aromatic heterocycles. The number of ether oxygens (including phenoxy) is 1. The first-order valence-electron chi connectivity index (χ1n) is 9.08. The van der Waals surface area contributed by atoms with Gasteiger partial charge in [0.1, 0.15) is 17.2 Å². The maximum absolute atomic E-state index is 13.8. The molecule has 140 valence electrons. The normalized spacial score (nSPS) is 18.5. The predicted molar refractivity (Wildman–Crippen MR) is 97.4 cm³/mol. The summed E-state index contributed by atoms with van der Waals surface area (Å²) in [6.45, 7) is 13.2. The molecule has 0 bridgehead atoms. The Kier molecular flexibility index (Phi) is 5.59. The Hall–Kier alpha value is -1.85. The topological polar surface area (TPSA) is 45.7 Å². The van der Waals surface area contributed by atoms with Crippen LogP contribution in [-0.4, -0.2) is 46.8 Å². The number of halogens is 1. The van der Waals surface area contributed by atoms with E-state index in [-0.39, 0.29) is 17.4 Å². The summed E-state index contributed by atoms with van der Waals surface area (Å²) >= 11 is 0. The first-order valence-corrected chi connectivity index (χ1v) is 9.08. The molecule has 1 aliphatic heterocycles. The van der Waals surface area contributed by atoms with E-state index >= 15 is 0 Å². The summed E-state index contributed by atoms with van der Waals surface area (Å²) in [6.07, 6.45) is 3.22. The van der Waals surface area contributed by atoms with E-state index in [1.807, 2.05) is 39.5 Å². The summed E-state index contributed by atoms with van der Waals surface area (Å²) in [6, 6.07) is 1.48. The maximum atomic E-state index is 13.8. The SMILES string of the molecule is CC.Cc1cnc(N2CCN(C(=O)OC(C)(C)C)C3(CC3)C2)cc1F. The Balaban J connectivity index is 0.00000109. The van der Waals surface area contributed by atoms with Crippen molar-refractivity contribution in [2.75, 3.05) is 24.5 Å². The quantitative estimate of drug-likeness (QED) is 0.763. The lowest BCUT2D eigenvalue weighted by atomic mass is 10.1. The van der Waals surface area contributed by atoms with Gasteiger partial charge < -0.3 is 9.64 Å². The van der Waals surface area contributed by atoms with Crippen molar-refractivity contribution in [2.24, 2.45) is 0 Å². The molecular weight excluding hydrogens is 321 g/mol. The van der Waals surface area contributed by atoms with Gasteiger partial charge in [0, 0.05) is 37.5 Å². The fraction of sp³-hybridized carbons (Fsp3) is 0.684. The van der Waals surface area contributed by atoms with Gasteiger partial charge in [0.25, 0.3) is 0 Å². The zero-order chi connectivity index (χ0) is 18.8. The van der Waals surface area contributed by atoms with Crippen LogP contribution in [0.1, 0.15) is 53.0 Å². The molecule has 1 saturated carbocycles. The van der Waals surface area contributed by atoms with Crippen molar-refractivity contribution in [3.63, 3.8) is 0 Å². The average molecular weight is 351 g/mol. The molecule has 5 nitrogen and oxygen atoms in total. The zero-order valence-electron chi connectivity index (χ0n) is 16.2. The summed E-state index contributed by atoms with van der Waals surface area (Å²) in [5.41, 5.74) is -0.127. The molecule has 1 spiro atoms. The Morgan fingerprint density at radius 2 is 1.92 bits per heavy atom. The van der Waals surface area contributed by atoms with Crippen LogP contribution < -0.4 is 4.90 Å². The van der Waals surface area contributed by atoms with E-state index in [4.69, 9.17) is 4.74 Å². The number of aromatic nitrogens is 1. The summed E-state index contributed by atoms with van der Waals surface area (Å²) in [5, 5.41) is 0. The molecule has 0 radical (unpaired) electrons. The molecule has 25 heavy (non-hydrogen) atoms. The van der Waals surface area contributed by atoms with Crippen molar-refractivity contribution in [1.29, 1.82) is 0 Å². The third kappa shape index (κ3) is 4.41. The molecule has 1 saturated heterocycles. The largest absolute Gasteiger partial charge is 0.444 e. The third-order valence-corrected chi connectivity index (χ3v) is 4.44. The van der Waals surface area contributed by atoms with E-state index in [2.05, 4.69) is 9.88 Å². The average Bonchev–Trinajstić information content (AvgIpc) is 3.29. The maximum Gasteiger partial charge on any atom is 0.410 e. The van der Waals surface area contributed by atoms with Crippen LogP contribution in [0.3, 0.4) is 0 Å². The molecule has 6 heteroatoms. The van der Waals surface area contributed by atoms with Gasteiger partial charge in [0.05, 0.1) is 5.54 Å². The van der Waals surface area contributed by atoms with Crippen LogP contribution in [-0.2, 0) is 4.74 Å². The zero-order valence-corrected chi connectivity index (χ0v) is 16.2. The molecule has 0 N–H and O–H groups in total. The molecular formula is C19H30FN3O2. The van der Waals surface area contributed by atoms with Gasteiger partial charge in [-0.05, 0) is 40.5 Å². The van der Waals surface area contributed by atoms with Gasteiger partial charge in [-0.15, -0.1) is 0 Å². The van der Waals surface area contributed by atoms with Crippen LogP contribution in [0.15, 0.2) is 12.3 Å². The number of piperazine rings is 1. The highest BCUT2D eigenvalue weighted by molar-refractivity contribution is 5.70. The van der Waals surface area contributed by atoms with Gasteiger partial charge in [-0.2, -0.15) is 0 Å². The smallest absolute Gasteiger partial charge is 0.410 e. The van der Waals surface area contributed by atoms with Gasteiger partial charge in [0.15, 0.2) is 0 Å². The van der Waals surface area contributed by atoms with E-state index in [0.717, 1.165) is 12.8 Å². The second-order valence-electron chi connectivity index (χ2n) is 7.57.